The lowest BCUT2D eigenvalue weighted by atomic mass is 10.2. The Balaban J connectivity index is 1.94. The summed E-state index contributed by atoms with van der Waals surface area (Å²) in [6.45, 7) is 5.47. The minimum absolute atomic E-state index is 0.390. The molecule has 2 atom stereocenters. The Labute approximate surface area is 116 Å². The van der Waals surface area contributed by atoms with Gasteiger partial charge in [0.05, 0.1) is 10.9 Å². The highest BCUT2D eigenvalue weighted by Gasteiger charge is 2.20. The first-order chi connectivity index (χ1) is 8.31. The summed E-state index contributed by atoms with van der Waals surface area (Å²) >= 11 is 5.96. The lowest BCUT2D eigenvalue weighted by Crippen LogP contribution is -2.19. The van der Waals surface area contributed by atoms with Gasteiger partial charge in [-0.2, -0.15) is 11.8 Å². The summed E-state index contributed by atoms with van der Waals surface area (Å²) in [6, 6.07) is 0.390. The summed E-state index contributed by atoms with van der Waals surface area (Å²) in [7, 11) is 0. The van der Waals surface area contributed by atoms with Crippen molar-refractivity contribution < 1.29 is 0 Å². The predicted octanol–water partition coefficient (Wildman–Crippen LogP) is 3.72. The molecule has 0 radical (unpaired) electrons. The van der Waals surface area contributed by atoms with Crippen molar-refractivity contribution in [1.82, 2.24) is 10.3 Å². The number of hydrogen-bond acceptors (Lipinski definition) is 5. The van der Waals surface area contributed by atoms with Crippen molar-refractivity contribution in [3.05, 3.63) is 16.1 Å². The average molecular weight is 289 g/mol. The highest BCUT2D eigenvalue weighted by atomic mass is 32.2. The fourth-order valence-electron chi connectivity index (χ4n) is 1.74. The van der Waals surface area contributed by atoms with Gasteiger partial charge in [0.25, 0.3) is 0 Å². The molecular weight excluding hydrogens is 268 g/mol. The quantitative estimate of drug-likeness (QED) is 0.892. The summed E-state index contributed by atoms with van der Waals surface area (Å²) in [4.78, 5) is 4.81. The Hall–Kier alpha value is 0.290. The minimum atomic E-state index is 0.390. The third-order valence-corrected chi connectivity index (χ3v) is 6.66. The Bertz CT molecular complexity index is 334. The van der Waals surface area contributed by atoms with Gasteiger partial charge in [-0.05, 0) is 19.9 Å². The summed E-state index contributed by atoms with van der Waals surface area (Å²) in [5.74, 6) is 3.80. The van der Waals surface area contributed by atoms with E-state index in [9.17, 15) is 0 Å². The lowest BCUT2D eigenvalue weighted by molar-refractivity contribution is 0.560. The van der Waals surface area contributed by atoms with Gasteiger partial charge in [-0.15, -0.1) is 23.1 Å². The molecule has 1 aromatic heterocycles. The van der Waals surface area contributed by atoms with Crippen molar-refractivity contribution in [2.75, 3.05) is 23.8 Å². The fourth-order valence-corrected chi connectivity index (χ4v) is 5.66. The van der Waals surface area contributed by atoms with Gasteiger partial charge < -0.3 is 5.32 Å². The van der Waals surface area contributed by atoms with Gasteiger partial charge in [0.2, 0.25) is 0 Å². The van der Waals surface area contributed by atoms with E-state index in [1.807, 2.05) is 11.3 Å². The molecule has 1 aliphatic heterocycles. The molecule has 2 heterocycles. The van der Waals surface area contributed by atoms with E-state index in [1.54, 1.807) is 0 Å². The van der Waals surface area contributed by atoms with Gasteiger partial charge in [0.1, 0.15) is 5.01 Å². The van der Waals surface area contributed by atoms with Crippen LogP contribution in [-0.4, -0.2) is 28.8 Å². The smallest absolute Gasteiger partial charge is 0.107 e. The van der Waals surface area contributed by atoms with Gasteiger partial charge in [0, 0.05) is 28.7 Å². The molecule has 1 aliphatic rings. The second kappa shape index (κ2) is 7.02. The minimum Gasteiger partial charge on any atom is -0.309 e. The molecule has 0 bridgehead atoms. The van der Waals surface area contributed by atoms with E-state index < -0.39 is 0 Å². The van der Waals surface area contributed by atoms with E-state index in [1.165, 1.54) is 34.4 Å². The Kier molecular flexibility index (Phi) is 5.66. The predicted molar refractivity (Wildman–Crippen MR) is 81.3 cm³/mol. The number of thiazole rings is 1. The second-order valence-electron chi connectivity index (χ2n) is 4.22. The average Bonchev–Trinajstić information content (AvgIpc) is 2.86. The summed E-state index contributed by atoms with van der Waals surface area (Å²) in [6.07, 6.45) is 1.18. The van der Waals surface area contributed by atoms with E-state index in [0.717, 1.165) is 6.54 Å². The zero-order valence-corrected chi connectivity index (χ0v) is 12.9. The zero-order valence-electron chi connectivity index (χ0n) is 10.4. The van der Waals surface area contributed by atoms with Crippen LogP contribution in [-0.2, 0) is 0 Å². The molecule has 2 nitrogen and oxygen atoms in total. The third-order valence-electron chi connectivity index (χ3n) is 2.78. The lowest BCUT2D eigenvalue weighted by Gasteiger charge is -2.18. The fraction of sp³-hybridized carbons (Fsp3) is 0.750. The van der Waals surface area contributed by atoms with Gasteiger partial charge in [-0.25, -0.2) is 4.98 Å². The topological polar surface area (TPSA) is 24.9 Å². The van der Waals surface area contributed by atoms with Gasteiger partial charge in [-0.3, -0.25) is 0 Å². The maximum absolute atomic E-state index is 4.81. The SMILES string of the molecule is CCCNC(C)c1csc(C2CSCCS2)n1. The van der Waals surface area contributed by atoms with Crippen LogP contribution < -0.4 is 5.32 Å². The molecule has 1 saturated heterocycles. The van der Waals surface area contributed by atoms with Crippen LogP contribution in [0.4, 0.5) is 0 Å². The monoisotopic (exact) mass is 288 g/mol. The molecule has 2 unspecified atom stereocenters. The van der Waals surface area contributed by atoms with Crippen LogP contribution in [0.15, 0.2) is 5.38 Å². The Morgan fingerprint density at radius 2 is 2.41 bits per heavy atom. The van der Waals surface area contributed by atoms with E-state index in [4.69, 9.17) is 4.98 Å². The van der Waals surface area contributed by atoms with Crippen molar-refractivity contribution in [1.29, 1.82) is 0 Å². The van der Waals surface area contributed by atoms with E-state index in [2.05, 4.69) is 48.1 Å². The zero-order chi connectivity index (χ0) is 12.1. The van der Waals surface area contributed by atoms with Crippen molar-refractivity contribution in [3.8, 4) is 0 Å². The molecule has 0 saturated carbocycles. The molecule has 17 heavy (non-hydrogen) atoms. The molecule has 0 aliphatic carbocycles. The van der Waals surface area contributed by atoms with Crippen molar-refractivity contribution in [3.63, 3.8) is 0 Å². The highest BCUT2D eigenvalue weighted by molar-refractivity contribution is 8.06. The number of thioether (sulfide) groups is 2. The number of aromatic nitrogens is 1. The summed E-state index contributed by atoms with van der Waals surface area (Å²) < 4.78 is 0. The molecule has 96 valence electrons. The highest BCUT2D eigenvalue weighted by Crippen LogP contribution is 2.38. The van der Waals surface area contributed by atoms with Crippen molar-refractivity contribution in [2.24, 2.45) is 0 Å². The van der Waals surface area contributed by atoms with Crippen molar-refractivity contribution >= 4 is 34.9 Å². The molecule has 1 fully saturated rings. The standard InChI is InChI=1S/C12H20N2S3/c1-3-4-13-9(2)10-7-17-12(14-10)11-8-15-5-6-16-11/h7,9,11,13H,3-6,8H2,1-2H3. The molecular formula is C12H20N2S3. The van der Waals surface area contributed by atoms with Crippen LogP contribution in [0.5, 0.6) is 0 Å². The van der Waals surface area contributed by atoms with E-state index >= 15 is 0 Å². The molecule has 2 rings (SSSR count). The molecule has 5 heteroatoms. The first-order valence-corrected chi connectivity index (χ1v) is 9.27. The van der Waals surface area contributed by atoms with Crippen LogP contribution in [0.3, 0.4) is 0 Å². The summed E-state index contributed by atoms with van der Waals surface area (Å²) in [5, 5.41) is 7.67. The number of nitrogens with zero attached hydrogens (tertiary/aromatic N) is 1. The Morgan fingerprint density at radius 1 is 1.53 bits per heavy atom. The van der Waals surface area contributed by atoms with Crippen LogP contribution in [0.25, 0.3) is 0 Å². The van der Waals surface area contributed by atoms with Crippen molar-refractivity contribution in [2.45, 2.75) is 31.6 Å². The van der Waals surface area contributed by atoms with E-state index in [0.29, 0.717) is 11.3 Å². The van der Waals surface area contributed by atoms with Gasteiger partial charge in [0.15, 0.2) is 0 Å². The normalized spacial score (nSPS) is 22.6. The molecule has 0 aromatic carbocycles. The van der Waals surface area contributed by atoms with Crippen LogP contribution in [0.1, 0.15) is 42.3 Å². The number of nitrogens with one attached hydrogen (secondary N) is 1. The first kappa shape index (κ1) is 13.7. The first-order valence-electron chi connectivity index (χ1n) is 6.19. The third kappa shape index (κ3) is 3.88. The van der Waals surface area contributed by atoms with Crippen LogP contribution in [0.2, 0.25) is 0 Å². The number of hydrogen-bond donors (Lipinski definition) is 1. The largest absolute Gasteiger partial charge is 0.309 e. The van der Waals surface area contributed by atoms with Crippen LogP contribution >= 0.6 is 34.9 Å². The van der Waals surface area contributed by atoms with Gasteiger partial charge in [-0.1, -0.05) is 6.92 Å². The Morgan fingerprint density at radius 3 is 3.12 bits per heavy atom. The molecule has 0 amide bonds. The second-order valence-corrected chi connectivity index (χ2v) is 7.57. The molecule has 1 N–H and O–H groups in total. The number of rotatable bonds is 5. The van der Waals surface area contributed by atoms with Gasteiger partial charge >= 0.3 is 0 Å². The van der Waals surface area contributed by atoms with E-state index in [-0.39, 0.29) is 0 Å². The summed E-state index contributed by atoms with van der Waals surface area (Å²) in [5.41, 5.74) is 1.22. The van der Waals surface area contributed by atoms with Crippen LogP contribution in [0, 0.1) is 0 Å². The molecule has 0 spiro atoms. The maximum atomic E-state index is 4.81. The molecule has 1 aromatic rings. The maximum Gasteiger partial charge on any atom is 0.107 e.